The number of aliphatic hydroxyl groups is 1. The zero-order chi connectivity index (χ0) is 26.7. The number of nitrogens with zero attached hydrogens (tertiary/aromatic N) is 1. The Bertz CT molecular complexity index is 1240. The summed E-state index contributed by atoms with van der Waals surface area (Å²) in [5, 5.41) is 15.4. The Morgan fingerprint density at radius 3 is 2.11 bits per heavy atom. The first kappa shape index (κ1) is 27.2. The number of hydrogen-bond donors (Lipinski definition) is 2. The first-order valence-electron chi connectivity index (χ1n) is 11.1. The largest absolute Gasteiger partial charge is 0.497 e. The van der Waals surface area contributed by atoms with Crippen molar-refractivity contribution in [2.24, 2.45) is 16.9 Å². The van der Waals surface area contributed by atoms with Gasteiger partial charge in [-0.05, 0) is 43.7 Å². The quantitative estimate of drug-likeness (QED) is 0.420. The van der Waals surface area contributed by atoms with Crippen LogP contribution >= 0.6 is 0 Å². The highest BCUT2D eigenvalue weighted by atomic mass is 32.2. The maximum atomic E-state index is 13.0. The van der Waals surface area contributed by atoms with Gasteiger partial charge in [-0.1, -0.05) is 29.8 Å². The lowest BCUT2D eigenvalue weighted by Gasteiger charge is -2.44. The topological polar surface area (TPSA) is 141 Å². The van der Waals surface area contributed by atoms with E-state index in [2.05, 4.69) is 9.93 Å². The highest BCUT2D eigenvalue weighted by Gasteiger charge is 2.56. The second-order valence-corrected chi connectivity index (χ2v) is 10.5. The number of esters is 2. The molecule has 2 aromatic carbocycles. The van der Waals surface area contributed by atoms with Crippen LogP contribution in [0.4, 0.5) is 0 Å². The third-order valence-electron chi connectivity index (χ3n) is 6.34. The number of sulfonamides is 1. The Balaban J connectivity index is 2.13. The molecule has 0 radical (unpaired) electrons. The van der Waals surface area contributed by atoms with Crippen LogP contribution in [0.2, 0.25) is 0 Å². The Morgan fingerprint density at radius 1 is 1.00 bits per heavy atom. The molecule has 1 aliphatic carbocycles. The van der Waals surface area contributed by atoms with Crippen molar-refractivity contribution in [1.29, 1.82) is 0 Å². The molecule has 0 spiro atoms. The van der Waals surface area contributed by atoms with Gasteiger partial charge in [-0.15, -0.1) is 0 Å². The molecule has 2 aromatic rings. The molecule has 0 saturated heterocycles. The van der Waals surface area contributed by atoms with E-state index in [9.17, 15) is 23.1 Å². The normalized spacial score (nSPS) is 25.2. The van der Waals surface area contributed by atoms with E-state index in [0.717, 1.165) is 5.56 Å². The molecule has 4 atom stereocenters. The molecule has 10 nitrogen and oxygen atoms in total. The van der Waals surface area contributed by atoms with Gasteiger partial charge in [-0.25, -0.2) is 4.83 Å². The van der Waals surface area contributed by atoms with E-state index in [1.165, 1.54) is 40.4 Å². The third-order valence-corrected chi connectivity index (χ3v) is 7.56. The summed E-state index contributed by atoms with van der Waals surface area (Å²) in [6.07, 6.45) is -0.282. The molecule has 2 N–H and O–H groups in total. The highest BCUT2D eigenvalue weighted by molar-refractivity contribution is 7.89. The van der Waals surface area contributed by atoms with Crippen LogP contribution in [0.15, 0.2) is 58.5 Å². The molecule has 0 heterocycles. The number of ether oxygens (including phenoxy) is 3. The van der Waals surface area contributed by atoms with Crippen LogP contribution in [0.5, 0.6) is 5.75 Å². The molecular formula is C25H30N2O8S. The molecule has 0 aliphatic heterocycles. The fraction of sp³-hybridized carbons (Fsp3) is 0.400. The average molecular weight is 519 g/mol. The first-order valence-corrected chi connectivity index (χ1v) is 12.6. The molecule has 36 heavy (non-hydrogen) atoms. The fourth-order valence-corrected chi connectivity index (χ4v) is 5.36. The van der Waals surface area contributed by atoms with Gasteiger partial charge in [0.15, 0.2) is 0 Å². The Hall–Kier alpha value is -3.44. The lowest BCUT2D eigenvalue weighted by Crippen LogP contribution is -2.55. The molecule has 0 bridgehead atoms. The summed E-state index contributed by atoms with van der Waals surface area (Å²) in [7, 11) is -0.202. The summed E-state index contributed by atoms with van der Waals surface area (Å²) in [5.74, 6) is -4.25. The minimum atomic E-state index is -4.07. The summed E-state index contributed by atoms with van der Waals surface area (Å²) < 4.78 is 40.9. The van der Waals surface area contributed by atoms with E-state index >= 15 is 0 Å². The number of methoxy groups -OCH3 is 3. The predicted molar refractivity (Wildman–Crippen MR) is 131 cm³/mol. The predicted octanol–water partition coefficient (Wildman–Crippen LogP) is 2.15. The van der Waals surface area contributed by atoms with Gasteiger partial charge >= 0.3 is 11.9 Å². The maximum Gasteiger partial charge on any atom is 0.315 e. The van der Waals surface area contributed by atoms with E-state index < -0.39 is 45.3 Å². The minimum Gasteiger partial charge on any atom is -0.497 e. The lowest BCUT2D eigenvalue weighted by molar-refractivity contribution is -0.160. The third kappa shape index (κ3) is 5.52. The van der Waals surface area contributed by atoms with E-state index in [1.54, 1.807) is 36.4 Å². The van der Waals surface area contributed by atoms with E-state index in [1.807, 2.05) is 6.92 Å². The number of nitrogens with one attached hydrogen (secondary N) is 1. The Morgan fingerprint density at radius 2 is 1.58 bits per heavy atom. The van der Waals surface area contributed by atoms with Crippen LogP contribution < -0.4 is 9.57 Å². The van der Waals surface area contributed by atoms with Gasteiger partial charge in [0.1, 0.15) is 11.7 Å². The molecule has 11 heteroatoms. The summed E-state index contributed by atoms with van der Waals surface area (Å²) in [4.78, 5) is 28.1. The van der Waals surface area contributed by atoms with Crippen LogP contribution in [-0.2, 0) is 29.1 Å². The number of hydrogen-bond acceptors (Lipinski definition) is 9. The second-order valence-electron chi connectivity index (χ2n) is 8.85. The van der Waals surface area contributed by atoms with Crippen molar-refractivity contribution < 1.29 is 37.3 Å². The van der Waals surface area contributed by atoms with Gasteiger partial charge in [0.2, 0.25) is 0 Å². The highest BCUT2D eigenvalue weighted by Crippen LogP contribution is 2.47. The van der Waals surface area contributed by atoms with E-state index in [-0.39, 0.29) is 17.0 Å². The van der Waals surface area contributed by atoms with E-state index in [4.69, 9.17) is 14.2 Å². The Kier molecular flexibility index (Phi) is 8.05. The second kappa shape index (κ2) is 10.7. The van der Waals surface area contributed by atoms with Crippen molar-refractivity contribution in [3.05, 3.63) is 59.7 Å². The Labute approximate surface area is 210 Å². The monoisotopic (exact) mass is 518 g/mol. The van der Waals surface area contributed by atoms with Crippen molar-refractivity contribution in [2.75, 3.05) is 21.3 Å². The number of carbonyl (C=O) groups is 2. The zero-order valence-corrected chi connectivity index (χ0v) is 21.5. The number of hydrazone groups is 1. The van der Waals surface area contributed by atoms with Crippen LogP contribution in [0, 0.1) is 18.8 Å². The van der Waals surface area contributed by atoms with Gasteiger partial charge in [0, 0.05) is 12.3 Å². The zero-order valence-electron chi connectivity index (χ0n) is 20.7. The van der Waals surface area contributed by atoms with Gasteiger partial charge in [0.25, 0.3) is 10.0 Å². The molecule has 4 unspecified atom stereocenters. The summed E-state index contributed by atoms with van der Waals surface area (Å²) in [6, 6.07) is 12.8. The fourth-order valence-electron chi connectivity index (χ4n) is 4.52. The minimum absolute atomic E-state index is 0.0171. The maximum absolute atomic E-state index is 13.0. The molecule has 1 aliphatic rings. The number of rotatable bonds is 7. The standard InChI is InChI=1S/C25H30N2O8S/c1-15-6-12-18(13-7-15)36(31,32)27-26-19-14-25(2,30)22(24(29)35-5)20(21(19)23(28)34-4)16-8-10-17(33-3)11-9-16/h6-13,20-22,27,30H,14H2,1-5H3. The number of carbonyl (C=O) groups excluding carboxylic acids is 2. The SMILES string of the molecule is COC(=O)C1C(=NNS(=O)(=O)c2ccc(C)cc2)CC(C)(O)C(C(=O)OC)C1c1ccc(OC)cc1. The van der Waals surface area contributed by atoms with Crippen molar-refractivity contribution in [3.63, 3.8) is 0 Å². The summed E-state index contributed by atoms with van der Waals surface area (Å²) in [5.41, 5.74) is -0.319. The molecule has 1 saturated carbocycles. The molecule has 0 aromatic heterocycles. The van der Waals surface area contributed by atoms with Crippen molar-refractivity contribution in [1.82, 2.24) is 4.83 Å². The molecule has 0 amide bonds. The average Bonchev–Trinajstić information content (AvgIpc) is 2.86. The summed E-state index contributed by atoms with van der Waals surface area (Å²) >= 11 is 0. The van der Waals surface area contributed by atoms with Crippen molar-refractivity contribution >= 4 is 27.7 Å². The van der Waals surface area contributed by atoms with Gasteiger partial charge in [-0.3, -0.25) is 9.59 Å². The molecule has 3 rings (SSSR count). The van der Waals surface area contributed by atoms with Crippen molar-refractivity contribution in [2.45, 2.75) is 36.7 Å². The van der Waals surface area contributed by atoms with E-state index in [0.29, 0.717) is 11.3 Å². The first-order chi connectivity index (χ1) is 16.9. The molecular weight excluding hydrogens is 488 g/mol. The molecule has 194 valence electrons. The van der Waals surface area contributed by atoms with Gasteiger partial charge in [0.05, 0.1) is 43.5 Å². The van der Waals surface area contributed by atoms with Crippen LogP contribution in [0.25, 0.3) is 0 Å². The smallest absolute Gasteiger partial charge is 0.315 e. The molecule has 1 fully saturated rings. The van der Waals surface area contributed by atoms with Gasteiger partial charge in [-0.2, -0.15) is 13.5 Å². The van der Waals surface area contributed by atoms with Crippen LogP contribution in [-0.4, -0.2) is 58.1 Å². The van der Waals surface area contributed by atoms with Gasteiger partial charge < -0.3 is 19.3 Å². The lowest BCUT2D eigenvalue weighted by atomic mass is 9.61. The van der Waals surface area contributed by atoms with Crippen LogP contribution in [0.1, 0.15) is 30.4 Å². The van der Waals surface area contributed by atoms with Crippen LogP contribution in [0.3, 0.4) is 0 Å². The number of benzene rings is 2. The number of aryl methyl sites for hydroxylation is 1. The van der Waals surface area contributed by atoms with Crippen molar-refractivity contribution in [3.8, 4) is 5.75 Å². The summed E-state index contributed by atoms with van der Waals surface area (Å²) in [6.45, 7) is 3.24.